The van der Waals surface area contributed by atoms with Gasteiger partial charge in [0.1, 0.15) is 5.75 Å². The molecular weight excluding hydrogens is 314 g/mol. The number of hydrogen-bond acceptors (Lipinski definition) is 4. The number of carbonyl (C=O) groups is 1. The molecule has 0 aliphatic heterocycles. The summed E-state index contributed by atoms with van der Waals surface area (Å²) in [5.74, 6) is 0.223. The Bertz CT molecular complexity index is 1080. The van der Waals surface area contributed by atoms with Gasteiger partial charge in [0.2, 0.25) is 0 Å². The summed E-state index contributed by atoms with van der Waals surface area (Å²) in [5, 5.41) is 10.2. The average Bonchev–Trinajstić information content (AvgIpc) is 3.07. The lowest BCUT2D eigenvalue weighted by molar-refractivity contribution is 0.112. The molecule has 1 N–H and O–H groups in total. The van der Waals surface area contributed by atoms with Crippen molar-refractivity contribution in [2.24, 2.45) is 7.05 Å². The molecule has 0 amide bonds. The van der Waals surface area contributed by atoms with Crippen LogP contribution in [0.1, 0.15) is 10.4 Å². The minimum atomic E-state index is 0.223. The first-order valence-electron chi connectivity index (χ1n) is 7.82. The summed E-state index contributed by atoms with van der Waals surface area (Å²) >= 11 is 0. The van der Waals surface area contributed by atoms with Crippen molar-refractivity contribution in [3.8, 4) is 28.3 Å². The number of hydrogen-bond donors (Lipinski definition) is 1. The normalized spacial score (nSPS) is 10.9. The SMILES string of the molecule is Cn1cncc1-c1cc(C=O)c2cc(-c3ccc(O)cc3)ccc2n1. The lowest BCUT2D eigenvalue weighted by Crippen LogP contribution is -1.96. The van der Waals surface area contributed by atoms with Crippen LogP contribution in [0.4, 0.5) is 0 Å². The van der Waals surface area contributed by atoms with Crippen LogP contribution in [0, 0.1) is 0 Å². The summed E-state index contributed by atoms with van der Waals surface area (Å²) in [7, 11) is 1.89. The van der Waals surface area contributed by atoms with Crippen LogP contribution in [0.2, 0.25) is 0 Å². The van der Waals surface area contributed by atoms with E-state index in [2.05, 4.69) is 9.97 Å². The largest absolute Gasteiger partial charge is 0.508 e. The number of benzene rings is 2. The third kappa shape index (κ3) is 2.65. The van der Waals surface area contributed by atoms with Crippen molar-refractivity contribution < 1.29 is 9.90 Å². The summed E-state index contributed by atoms with van der Waals surface area (Å²) in [4.78, 5) is 20.4. The third-order valence-corrected chi connectivity index (χ3v) is 4.25. The Labute approximate surface area is 144 Å². The number of imidazole rings is 1. The predicted molar refractivity (Wildman–Crippen MR) is 96.4 cm³/mol. The van der Waals surface area contributed by atoms with Crippen molar-refractivity contribution >= 4 is 17.2 Å². The van der Waals surface area contributed by atoms with Crippen molar-refractivity contribution in [2.45, 2.75) is 0 Å². The van der Waals surface area contributed by atoms with Crippen molar-refractivity contribution in [1.82, 2.24) is 14.5 Å². The number of aldehydes is 1. The highest BCUT2D eigenvalue weighted by Crippen LogP contribution is 2.29. The minimum Gasteiger partial charge on any atom is -0.508 e. The second kappa shape index (κ2) is 5.87. The zero-order valence-electron chi connectivity index (χ0n) is 13.5. The van der Waals surface area contributed by atoms with E-state index in [1.807, 2.05) is 41.9 Å². The number of fused-ring (bicyclic) bond motifs is 1. The van der Waals surface area contributed by atoms with Crippen LogP contribution in [-0.2, 0) is 7.05 Å². The fourth-order valence-corrected chi connectivity index (χ4v) is 2.92. The number of aromatic hydroxyl groups is 1. The van der Waals surface area contributed by atoms with Gasteiger partial charge in [-0.3, -0.25) is 4.79 Å². The van der Waals surface area contributed by atoms with E-state index in [1.165, 1.54) is 0 Å². The molecule has 0 aliphatic carbocycles. The van der Waals surface area contributed by atoms with E-state index in [0.29, 0.717) is 11.3 Å². The first-order valence-corrected chi connectivity index (χ1v) is 7.82. The molecule has 4 rings (SSSR count). The highest BCUT2D eigenvalue weighted by Gasteiger charge is 2.11. The molecule has 0 saturated carbocycles. The van der Waals surface area contributed by atoms with Crippen LogP contribution in [0.3, 0.4) is 0 Å². The van der Waals surface area contributed by atoms with E-state index in [0.717, 1.165) is 34.0 Å². The van der Waals surface area contributed by atoms with Gasteiger partial charge in [-0.05, 0) is 41.5 Å². The number of rotatable bonds is 3. The van der Waals surface area contributed by atoms with Crippen LogP contribution in [0.25, 0.3) is 33.4 Å². The number of carbonyl (C=O) groups excluding carboxylic acids is 1. The fraction of sp³-hybridized carbons (Fsp3) is 0.0500. The van der Waals surface area contributed by atoms with Gasteiger partial charge in [0.05, 0.1) is 29.4 Å². The van der Waals surface area contributed by atoms with Gasteiger partial charge in [-0.25, -0.2) is 9.97 Å². The van der Waals surface area contributed by atoms with E-state index in [-0.39, 0.29) is 5.75 Å². The first kappa shape index (κ1) is 15.1. The maximum absolute atomic E-state index is 11.6. The maximum atomic E-state index is 11.6. The predicted octanol–water partition coefficient (Wildman–Crippen LogP) is 3.82. The van der Waals surface area contributed by atoms with Gasteiger partial charge >= 0.3 is 0 Å². The van der Waals surface area contributed by atoms with Crippen LogP contribution >= 0.6 is 0 Å². The van der Waals surface area contributed by atoms with Gasteiger partial charge in [0, 0.05) is 18.0 Å². The highest BCUT2D eigenvalue weighted by atomic mass is 16.3. The molecule has 4 aromatic rings. The maximum Gasteiger partial charge on any atom is 0.150 e. The molecule has 0 atom stereocenters. The Morgan fingerprint density at radius 2 is 1.80 bits per heavy atom. The number of pyridine rings is 1. The fourth-order valence-electron chi connectivity index (χ4n) is 2.92. The molecule has 5 nitrogen and oxygen atoms in total. The number of aryl methyl sites for hydroxylation is 1. The Balaban J connectivity index is 1.89. The van der Waals surface area contributed by atoms with Gasteiger partial charge < -0.3 is 9.67 Å². The molecule has 2 heterocycles. The summed E-state index contributed by atoms with van der Waals surface area (Å²) in [6.45, 7) is 0. The molecule has 0 unspecified atom stereocenters. The summed E-state index contributed by atoms with van der Waals surface area (Å²) < 4.78 is 1.87. The standard InChI is InChI=1S/C20H15N3O2/c1-23-12-21-10-20(23)19-9-15(11-24)17-8-14(4-7-18(17)22-19)13-2-5-16(25)6-3-13/h2-12,25H,1H3. The number of phenolic OH excluding ortho intramolecular Hbond substituents is 1. The topological polar surface area (TPSA) is 68.0 Å². The molecule has 5 heteroatoms. The Morgan fingerprint density at radius 3 is 2.48 bits per heavy atom. The lowest BCUT2D eigenvalue weighted by atomic mass is 10.0. The average molecular weight is 329 g/mol. The second-order valence-electron chi connectivity index (χ2n) is 5.88. The number of nitrogens with zero attached hydrogens (tertiary/aromatic N) is 3. The molecule has 122 valence electrons. The van der Waals surface area contributed by atoms with Crippen LogP contribution in [-0.4, -0.2) is 25.9 Å². The second-order valence-corrected chi connectivity index (χ2v) is 5.88. The van der Waals surface area contributed by atoms with Gasteiger partial charge in [0.25, 0.3) is 0 Å². The molecule has 2 aromatic carbocycles. The van der Waals surface area contributed by atoms with Crippen LogP contribution < -0.4 is 0 Å². The van der Waals surface area contributed by atoms with E-state index >= 15 is 0 Å². The molecule has 0 radical (unpaired) electrons. The van der Waals surface area contributed by atoms with E-state index < -0.39 is 0 Å². The van der Waals surface area contributed by atoms with Gasteiger partial charge in [-0.2, -0.15) is 0 Å². The lowest BCUT2D eigenvalue weighted by Gasteiger charge is -2.09. The summed E-state index contributed by atoms with van der Waals surface area (Å²) in [6.07, 6.45) is 4.29. The zero-order valence-corrected chi connectivity index (χ0v) is 13.5. The quantitative estimate of drug-likeness (QED) is 0.580. The molecule has 25 heavy (non-hydrogen) atoms. The van der Waals surface area contributed by atoms with Crippen molar-refractivity contribution in [2.75, 3.05) is 0 Å². The molecule has 0 spiro atoms. The number of phenols is 1. The van der Waals surface area contributed by atoms with E-state index in [1.54, 1.807) is 30.7 Å². The molecular formula is C20H15N3O2. The summed E-state index contributed by atoms with van der Waals surface area (Å²) in [6, 6.07) is 14.6. The van der Waals surface area contributed by atoms with Crippen LogP contribution in [0.5, 0.6) is 5.75 Å². The smallest absolute Gasteiger partial charge is 0.150 e. The van der Waals surface area contributed by atoms with Crippen molar-refractivity contribution in [1.29, 1.82) is 0 Å². The van der Waals surface area contributed by atoms with E-state index in [4.69, 9.17) is 0 Å². The Morgan fingerprint density at radius 1 is 1.04 bits per heavy atom. The molecule has 0 fully saturated rings. The van der Waals surface area contributed by atoms with E-state index in [9.17, 15) is 9.90 Å². The molecule has 2 aromatic heterocycles. The molecule has 0 bridgehead atoms. The Kier molecular flexibility index (Phi) is 3.54. The third-order valence-electron chi connectivity index (χ3n) is 4.25. The van der Waals surface area contributed by atoms with Gasteiger partial charge in [0.15, 0.2) is 6.29 Å². The van der Waals surface area contributed by atoms with Crippen LogP contribution in [0.15, 0.2) is 61.1 Å². The molecule has 0 saturated heterocycles. The zero-order chi connectivity index (χ0) is 17.4. The monoisotopic (exact) mass is 329 g/mol. The van der Waals surface area contributed by atoms with Gasteiger partial charge in [-0.15, -0.1) is 0 Å². The van der Waals surface area contributed by atoms with Crippen molar-refractivity contribution in [3.05, 3.63) is 66.6 Å². The number of aromatic nitrogens is 3. The molecule has 0 aliphatic rings. The summed E-state index contributed by atoms with van der Waals surface area (Å²) in [5.41, 5.74) is 4.84. The van der Waals surface area contributed by atoms with Gasteiger partial charge in [-0.1, -0.05) is 18.2 Å². The Hall–Kier alpha value is -3.47. The minimum absolute atomic E-state index is 0.223. The van der Waals surface area contributed by atoms with Crippen molar-refractivity contribution in [3.63, 3.8) is 0 Å². The first-order chi connectivity index (χ1) is 12.2. The highest BCUT2D eigenvalue weighted by molar-refractivity contribution is 5.99.